The highest BCUT2D eigenvalue weighted by Crippen LogP contribution is 2.02. The third-order valence-electron chi connectivity index (χ3n) is 1.76. The van der Waals surface area contributed by atoms with Gasteiger partial charge >= 0.3 is 0 Å². The maximum atomic E-state index is 5.48. The summed E-state index contributed by atoms with van der Waals surface area (Å²) in [5.41, 5.74) is 1.10. The molecule has 1 aromatic carbocycles. The van der Waals surface area contributed by atoms with E-state index in [9.17, 15) is 0 Å². The van der Waals surface area contributed by atoms with Crippen molar-refractivity contribution >= 4 is 17.7 Å². The third-order valence-corrected chi connectivity index (χ3v) is 1.91. The molecule has 0 amide bonds. The number of benzene rings is 1. The zero-order valence-electron chi connectivity index (χ0n) is 8.73. The van der Waals surface area contributed by atoms with Crippen LogP contribution < -0.4 is 0 Å². The van der Waals surface area contributed by atoms with E-state index < -0.39 is 0 Å². The van der Waals surface area contributed by atoms with Gasteiger partial charge in [0.2, 0.25) is 0 Å². The van der Waals surface area contributed by atoms with Gasteiger partial charge in [-0.2, -0.15) is 0 Å². The van der Waals surface area contributed by atoms with Crippen molar-refractivity contribution in [1.82, 2.24) is 0 Å². The lowest BCUT2D eigenvalue weighted by Gasteiger charge is -2.10. The molecule has 0 saturated carbocycles. The van der Waals surface area contributed by atoms with Crippen LogP contribution in [-0.2, 0) is 9.47 Å². The number of halogens is 1. The summed E-state index contributed by atoms with van der Waals surface area (Å²) < 4.78 is 10.5. The van der Waals surface area contributed by atoms with Crippen LogP contribution in [-0.4, -0.2) is 18.8 Å². The Morgan fingerprint density at radius 2 is 2.07 bits per heavy atom. The number of hydrogen-bond acceptors (Lipinski definition) is 2. The lowest BCUT2D eigenvalue weighted by molar-refractivity contribution is -0.0867. The molecule has 15 heavy (non-hydrogen) atoms. The lowest BCUT2D eigenvalue weighted by Crippen LogP contribution is -2.11. The summed E-state index contributed by atoms with van der Waals surface area (Å²) in [6.45, 7) is 2.34. The van der Waals surface area contributed by atoms with Gasteiger partial charge in [-0.3, -0.25) is 0 Å². The Morgan fingerprint density at radius 3 is 2.73 bits per heavy atom. The fourth-order valence-corrected chi connectivity index (χ4v) is 1.13. The van der Waals surface area contributed by atoms with Crippen LogP contribution in [0.3, 0.4) is 0 Å². The van der Waals surface area contributed by atoms with E-state index in [1.807, 2.05) is 43.3 Å². The van der Waals surface area contributed by atoms with Gasteiger partial charge in [-0.15, -0.1) is 11.6 Å². The standard InChI is InChI=1S/C12H15ClO2/c1-11(15-10-8-13)14-9-7-12-5-3-2-4-6-12/h2-7,9,11H,8,10H2,1H3. The summed E-state index contributed by atoms with van der Waals surface area (Å²) in [5, 5.41) is 0. The Hall–Kier alpha value is -0.990. The highest BCUT2D eigenvalue weighted by atomic mass is 35.5. The molecule has 1 rings (SSSR count). The number of ether oxygens (including phenoxy) is 2. The second-order valence-electron chi connectivity index (χ2n) is 2.98. The van der Waals surface area contributed by atoms with Crippen LogP contribution in [0.1, 0.15) is 12.5 Å². The molecule has 1 atom stereocenters. The first-order valence-corrected chi connectivity index (χ1v) is 5.41. The van der Waals surface area contributed by atoms with Gasteiger partial charge in [0.05, 0.1) is 12.9 Å². The average Bonchev–Trinajstić information content (AvgIpc) is 2.28. The van der Waals surface area contributed by atoms with Gasteiger partial charge in [-0.25, -0.2) is 0 Å². The van der Waals surface area contributed by atoms with Crippen molar-refractivity contribution in [2.75, 3.05) is 12.5 Å². The summed E-state index contributed by atoms with van der Waals surface area (Å²) in [7, 11) is 0. The van der Waals surface area contributed by atoms with Gasteiger partial charge in [0.15, 0.2) is 6.29 Å². The lowest BCUT2D eigenvalue weighted by atomic mass is 10.2. The Bertz CT molecular complexity index is 285. The second-order valence-corrected chi connectivity index (χ2v) is 3.35. The minimum atomic E-state index is -0.260. The topological polar surface area (TPSA) is 18.5 Å². The minimum absolute atomic E-state index is 0.260. The quantitative estimate of drug-likeness (QED) is 0.421. The molecule has 0 aliphatic rings. The molecule has 0 radical (unpaired) electrons. The highest BCUT2D eigenvalue weighted by molar-refractivity contribution is 6.17. The average molecular weight is 227 g/mol. The van der Waals surface area contributed by atoms with Gasteiger partial charge in [0.1, 0.15) is 0 Å². The van der Waals surface area contributed by atoms with Crippen molar-refractivity contribution in [3.05, 3.63) is 42.2 Å². The van der Waals surface area contributed by atoms with E-state index in [-0.39, 0.29) is 6.29 Å². The molecule has 3 heteroatoms. The normalized spacial score (nSPS) is 12.9. The molecule has 0 aromatic heterocycles. The maximum Gasteiger partial charge on any atom is 0.196 e. The number of hydrogen-bond donors (Lipinski definition) is 0. The second kappa shape index (κ2) is 7.32. The largest absolute Gasteiger partial charge is 0.473 e. The summed E-state index contributed by atoms with van der Waals surface area (Å²) in [6, 6.07) is 9.94. The molecule has 0 N–H and O–H groups in total. The Balaban J connectivity index is 2.27. The van der Waals surface area contributed by atoms with Crippen LogP contribution >= 0.6 is 11.6 Å². The maximum absolute atomic E-state index is 5.48. The van der Waals surface area contributed by atoms with Crippen LogP contribution in [0.4, 0.5) is 0 Å². The monoisotopic (exact) mass is 226 g/mol. The van der Waals surface area contributed by atoms with Gasteiger partial charge in [0, 0.05) is 5.88 Å². The molecule has 1 unspecified atom stereocenters. The van der Waals surface area contributed by atoms with E-state index in [1.54, 1.807) is 6.26 Å². The molecule has 0 aliphatic heterocycles. The van der Waals surface area contributed by atoms with E-state index in [2.05, 4.69) is 0 Å². The van der Waals surface area contributed by atoms with Crippen LogP contribution in [0, 0.1) is 0 Å². The predicted octanol–water partition coefficient (Wildman–Crippen LogP) is 3.28. The first-order chi connectivity index (χ1) is 7.33. The van der Waals surface area contributed by atoms with E-state index >= 15 is 0 Å². The van der Waals surface area contributed by atoms with Crippen molar-refractivity contribution < 1.29 is 9.47 Å². The predicted molar refractivity (Wildman–Crippen MR) is 62.7 cm³/mol. The van der Waals surface area contributed by atoms with Gasteiger partial charge < -0.3 is 9.47 Å². The molecule has 0 aliphatic carbocycles. The third kappa shape index (κ3) is 5.45. The molecular weight excluding hydrogens is 212 g/mol. The van der Waals surface area contributed by atoms with Crippen LogP contribution in [0.5, 0.6) is 0 Å². The molecule has 2 nitrogen and oxygen atoms in total. The molecule has 0 bridgehead atoms. The van der Waals surface area contributed by atoms with Gasteiger partial charge in [0.25, 0.3) is 0 Å². The van der Waals surface area contributed by atoms with Crippen LogP contribution in [0.15, 0.2) is 36.6 Å². The first kappa shape index (κ1) is 12.1. The molecule has 0 spiro atoms. The highest BCUT2D eigenvalue weighted by Gasteiger charge is 1.97. The Morgan fingerprint density at radius 1 is 1.33 bits per heavy atom. The minimum Gasteiger partial charge on any atom is -0.473 e. The Kier molecular flexibility index (Phi) is 5.90. The van der Waals surface area contributed by atoms with Crippen LogP contribution in [0.25, 0.3) is 6.08 Å². The van der Waals surface area contributed by atoms with Crippen molar-refractivity contribution in [2.24, 2.45) is 0 Å². The molecule has 0 saturated heterocycles. The summed E-state index contributed by atoms with van der Waals surface area (Å²) in [5.74, 6) is 0.482. The summed E-state index contributed by atoms with van der Waals surface area (Å²) in [6.07, 6.45) is 3.26. The van der Waals surface area contributed by atoms with E-state index in [1.165, 1.54) is 0 Å². The smallest absolute Gasteiger partial charge is 0.196 e. The molecule has 82 valence electrons. The zero-order chi connectivity index (χ0) is 10.9. The fourth-order valence-electron chi connectivity index (χ4n) is 1.04. The molecule has 0 fully saturated rings. The summed E-state index contributed by atoms with van der Waals surface area (Å²) in [4.78, 5) is 0. The number of alkyl halides is 1. The van der Waals surface area contributed by atoms with Crippen LogP contribution in [0.2, 0.25) is 0 Å². The van der Waals surface area contributed by atoms with Gasteiger partial charge in [-0.1, -0.05) is 30.3 Å². The van der Waals surface area contributed by atoms with E-state index in [0.717, 1.165) is 5.56 Å². The van der Waals surface area contributed by atoms with Crippen molar-refractivity contribution in [1.29, 1.82) is 0 Å². The van der Waals surface area contributed by atoms with Gasteiger partial charge in [-0.05, 0) is 18.6 Å². The summed E-state index contributed by atoms with van der Waals surface area (Å²) >= 11 is 5.48. The SMILES string of the molecule is CC(OC=Cc1ccccc1)OCCCl. The zero-order valence-corrected chi connectivity index (χ0v) is 9.48. The molecular formula is C12H15ClO2. The van der Waals surface area contributed by atoms with Crippen molar-refractivity contribution in [3.8, 4) is 0 Å². The first-order valence-electron chi connectivity index (χ1n) is 4.87. The molecule has 0 heterocycles. The molecule has 1 aromatic rings. The van der Waals surface area contributed by atoms with E-state index in [4.69, 9.17) is 21.1 Å². The fraction of sp³-hybridized carbons (Fsp3) is 0.333. The Labute approximate surface area is 95.5 Å². The van der Waals surface area contributed by atoms with Crippen molar-refractivity contribution in [2.45, 2.75) is 13.2 Å². The van der Waals surface area contributed by atoms with E-state index in [0.29, 0.717) is 12.5 Å². The van der Waals surface area contributed by atoms with Crippen molar-refractivity contribution in [3.63, 3.8) is 0 Å². The number of rotatable bonds is 6.